The van der Waals surface area contributed by atoms with Gasteiger partial charge >= 0.3 is 11.8 Å². The zero-order valence-corrected chi connectivity index (χ0v) is 15.1. The number of amides is 2. The molecule has 2 N–H and O–H groups in total. The lowest BCUT2D eigenvalue weighted by Gasteiger charge is -2.06. The van der Waals surface area contributed by atoms with Gasteiger partial charge in [-0.1, -0.05) is 46.9 Å². The van der Waals surface area contributed by atoms with E-state index in [0.717, 1.165) is 0 Å². The van der Waals surface area contributed by atoms with Crippen molar-refractivity contribution < 1.29 is 14.3 Å². The van der Waals surface area contributed by atoms with Crippen molar-refractivity contribution in [1.82, 2.24) is 5.43 Å². The molecule has 130 valence electrons. The van der Waals surface area contributed by atoms with Gasteiger partial charge in [0.25, 0.3) is 0 Å². The summed E-state index contributed by atoms with van der Waals surface area (Å²) in [6.45, 7) is 0. The molecule has 0 atom stereocenters. The molecule has 0 bridgehead atoms. The van der Waals surface area contributed by atoms with Crippen LogP contribution in [0.4, 0.5) is 5.69 Å². The highest BCUT2D eigenvalue weighted by Gasteiger charge is 2.14. The zero-order chi connectivity index (χ0) is 18.4. The highest BCUT2D eigenvalue weighted by Crippen LogP contribution is 2.33. The van der Waals surface area contributed by atoms with Gasteiger partial charge in [0.1, 0.15) is 0 Å². The molecule has 0 aliphatic heterocycles. The van der Waals surface area contributed by atoms with E-state index in [4.69, 9.17) is 39.5 Å². The molecular weight excluding hydrogens is 389 g/mol. The fourth-order valence-electron chi connectivity index (χ4n) is 1.81. The summed E-state index contributed by atoms with van der Waals surface area (Å²) in [5, 5.41) is 6.96. The van der Waals surface area contributed by atoms with Gasteiger partial charge in [-0.25, -0.2) is 5.43 Å². The van der Waals surface area contributed by atoms with E-state index in [1.54, 1.807) is 36.4 Å². The second kappa shape index (κ2) is 8.71. The highest BCUT2D eigenvalue weighted by molar-refractivity contribution is 6.41. The van der Waals surface area contributed by atoms with Crippen molar-refractivity contribution in [2.45, 2.75) is 0 Å². The van der Waals surface area contributed by atoms with Gasteiger partial charge in [-0.2, -0.15) is 5.10 Å². The molecule has 0 aliphatic carbocycles. The molecule has 0 aromatic heterocycles. The van der Waals surface area contributed by atoms with E-state index in [1.807, 2.05) is 0 Å². The van der Waals surface area contributed by atoms with Crippen LogP contribution in [0.5, 0.6) is 5.75 Å². The third-order valence-electron chi connectivity index (χ3n) is 2.93. The average Bonchev–Trinajstić information content (AvgIpc) is 2.56. The number of hydrazone groups is 1. The van der Waals surface area contributed by atoms with Crippen molar-refractivity contribution in [2.24, 2.45) is 5.10 Å². The number of carbonyl (C=O) groups excluding carboxylic acids is 2. The van der Waals surface area contributed by atoms with Crippen molar-refractivity contribution in [3.05, 3.63) is 57.0 Å². The van der Waals surface area contributed by atoms with Crippen molar-refractivity contribution in [3.8, 4) is 5.75 Å². The maximum atomic E-state index is 11.8. The molecule has 0 fully saturated rings. The van der Waals surface area contributed by atoms with Crippen molar-refractivity contribution in [3.63, 3.8) is 0 Å². The lowest BCUT2D eigenvalue weighted by Crippen LogP contribution is -2.32. The number of para-hydroxylation sites is 1. The minimum Gasteiger partial charge on any atom is -0.494 e. The first-order valence-corrected chi connectivity index (χ1v) is 7.97. The summed E-state index contributed by atoms with van der Waals surface area (Å²) in [5.74, 6) is -1.53. The molecule has 6 nitrogen and oxygen atoms in total. The van der Waals surface area contributed by atoms with Crippen molar-refractivity contribution >= 4 is 58.5 Å². The lowest BCUT2D eigenvalue weighted by atomic mass is 10.2. The number of hydrogen-bond donors (Lipinski definition) is 2. The van der Waals surface area contributed by atoms with Gasteiger partial charge in [0.15, 0.2) is 5.75 Å². The number of methoxy groups -OCH3 is 1. The molecule has 9 heteroatoms. The van der Waals surface area contributed by atoms with Gasteiger partial charge in [0.2, 0.25) is 0 Å². The van der Waals surface area contributed by atoms with E-state index in [9.17, 15) is 9.59 Å². The molecule has 25 heavy (non-hydrogen) atoms. The Balaban J connectivity index is 1.98. The SMILES string of the molecule is COc1c(Cl)cc(/C=N\NC(=O)C(=O)Nc2ccccc2Cl)cc1Cl. The molecule has 2 rings (SSSR count). The first-order valence-electron chi connectivity index (χ1n) is 6.84. The second-order valence-corrected chi connectivity index (χ2v) is 5.87. The van der Waals surface area contributed by atoms with E-state index in [1.165, 1.54) is 13.3 Å². The molecule has 2 aromatic rings. The maximum absolute atomic E-state index is 11.8. The van der Waals surface area contributed by atoms with E-state index >= 15 is 0 Å². The Morgan fingerprint density at radius 2 is 1.68 bits per heavy atom. The van der Waals surface area contributed by atoms with E-state index < -0.39 is 11.8 Å². The zero-order valence-electron chi connectivity index (χ0n) is 12.8. The molecule has 0 unspecified atom stereocenters. The summed E-state index contributed by atoms with van der Waals surface area (Å²) in [7, 11) is 1.44. The standard InChI is InChI=1S/C16H12Cl3N3O3/c1-25-14-11(18)6-9(7-12(14)19)8-20-22-16(24)15(23)21-13-5-3-2-4-10(13)17/h2-8H,1H3,(H,21,23)(H,22,24)/b20-8-. The second-order valence-electron chi connectivity index (χ2n) is 4.65. The molecule has 2 aromatic carbocycles. The summed E-state index contributed by atoms with van der Waals surface area (Å²) in [6.07, 6.45) is 1.29. The number of nitrogens with one attached hydrogen (secondary N) is 2. The van der Waals surface area contributed by atoms with Gasteiger partial charge in [-0.05, 0) is 29.8 Å². The van der Waals surface area contributed by atoms with Crippen LogP contribution in [0.1, 0.15) is 5.56 Å². The van der Waals surface area contributed by atoms with Gasteiger partial charge < -0.3 is 10.1 Å². The number of rotatable bonds is 4. The Kier molecular flexibility index (Phi) is 6.64. The summed E-state index contributed by atoms with van der Waals surface area (Å²) in [5.41, 5.74) is 2.93. The number of carbonyl (C=O) groups is 2. The fraction of sp³-hybridized carbons (Fsp3) is 0.0625. The number of nitrogens with zero attached hydrogens (tertiary/aromatic N) is 1. The van der Waals surface area contributed by atoms with Gasteiger partial charge in [0.05, 0.1) is 34.1 Å². The minimum absolute atomic E-state index is 0.291. The third-order valence-corrected chi connectivity index (χ3v) is 3.82. The number of ether oxygens (including phenoxy) is 1. The van der Waals surface area contributed by atoms with Crippen LogP contribution in [-0.2, 0) is 9.59 Å². The fourth-order valence-corrected chi connectivity index (χ4v) is 2.65. The number of benzene rings is 2. The predicted octanol–water partition coefficient (Wildman–Crippen LogP) is 3.74. The van der Waals surface area contributed by atoms with Crippen LogP contribution in [-0.4, -0.2) is 25.1 Å². The first-order chi connectivity index (χ1) is 11.9. The number of hydrogen-bond acceptors (Lipinski definition) is 4. The highest BCUT2D eigenvalue weighted by atomic mass is 35.5. The smallest absolute Gasteiger partial charge is 0.329 e. The summed E-state index contributed by atoms with van der Waals surface area (Å²) in [4.78, 5) is 23.5. The van der Waals surface area contributed by atoms with E-state index in [0.29, 0.717) is 32.1 Å². The van der Waals surface area contributed by atoms with Crippen LogP contribution in [0, 0.1) is 0 Å². The quantitative estimate of drug-likeness (QED) is 0.466. The van der Waals surface area contributed by atoms with Gasteiger partial charge in [-0.15, -0.1) is 0 Å². The predicted molar refractivity (Wildman–Crippen MR) is 98.8 cm³/mol. The normalized spacial score (nSPS) is 10.6. The molecule has 0 spiro atoms. The van der Waals surface area contributed by atoms with E-state index in [-0.39, 0.29) is 0 Å². The van der Waals surface area contributed by atoms with Crippen LogP contribution in [0.25, 0.3) is 0 Å². The third kappa shape index (κ3) is 5.09. The molecule has 2 amide bonds. The summed E-state index contributed by atoms with van der Waals surface area (Å²) >= 11 is 17.9. The summed E-state index contributed by atoms with van der Waals surface area (Å²) < 4.78 is 5.03. The molecule has 0 saturated carbocycles. The first kappa shape index (κ1) is 19.1. The molecule has 0 saturated heterocycles. The Bertz CT molecular complexity index is 817. The van der Waals surface area contributed by atoms with Gasteiger partial charge in [-0.3, -0.25) is 9.59 Å². The lowest BCUT2D eigenvalue weighted by molar-refractivity contribution is -0.136. The topological polar surface area (TPSA) is 79.8 Å². The molecule has 0 aliphatic rings. The number of anilines is 1. The molecule has 0 radical (unpaired) electrons. The summed E-state index contributed by atoms with van der Waals surface area (Å²) in [6, 6.07) is 9.63. The Hall–Kier alpha value is -2.28. The van der Waals surface area contributed by atoms with Crippen molar-refractivity contribution in [2.75, 3.05) is 12.4 Å². The monoisotopic (exact) mass is 399 g/mol. The Labute approximate surface area is 158 Å². The largest absolute Gasteiger partial charge is 0.494 e. The number of halogens is 3. The van der Waals surface area contributed by atoms with Gasteiger partial charge in [0, 0.05) is 0 Å². The van der Waals surface area contributed by atoms with Crippen LogP contribution in [0.2, 0.25) is 15.1 Å². The maximum Gasteiger partial charge on any atom is 0.329 e. The van der Waals surface area contributed by atoms with Crippen LogP contribution in [0.3, 0.4) is 0 Å². The van der Waals surface area contributed by atoms with E-state index in [2.05, 4.69) is 15.8 Å². The molecule has 0 heterocycles. The van der Waals surface area contributed by atoms with Crippen LogP contribution < -0.4 is 15.5 Å². The minimum atomic E-state index is -0.957. The van der Waals surface area contributed by atoms with Crippen LogP contribution >= 0.6 is 34.8 Å². The molecular formula is C16H12Cl3N3O3. The average molecular weight is 401 g/mol. The Morgan fingerprint density at radius 1 is 1.04 bits per heavy atom. The van der Waals surface area contributed by atoms with Crippen molar-refractivity contribution in [1.29, 1.82) is 0 Å². The van der Waals surface area contributed by atoms with Crippen LogP contribution in [0.15, 0.2) is 41.5 Å². The Morgan fingerprint density at radius 3 is 2.28 bits per heavy atom.